The first-order valence-corrected chi connectivity index (χ1v) is 13.6. The van der Waals surface area contributed by atoms with Crippen LogP contribution in [0.4, 0.5) is 4.39 Å². The summed E-state index contributed by atoms with van der Waals surface area (Å²) >= 11 is 0. The maximum atomic E-state index is 13.4. The number of carbonyl (C=O) groups excluding carboxylic acids is 1. The van der Waals surface area contributed by atoms with E-state index in [-0.39, 0.29) is 28.2 Å². The van der Waals surface area contributed by atoms with Gasteiger partial charge in [0.15, 0.2) is 0 Å². The molecule has 1 amide bonds. The molecule has 6 nitrogen and oxygen atoms in total. The van der Waals surface area contributed by atoms with E-state index in [4.69, 9.17) is 0 Å². The van der Waals surface area contributed by atoms with Gasteiger partial charge in [0.2, 0.25) is 15.9 Å². The van der Waals surface area contributed by atoms with Crippen LogP contribution in [-0.4, -0.2) is 49.1 Å². The Hall–Kier alpha value is -1.51. The second-order valence-corrected chi connectivity index (χ2v) is 13.1. The van der Waals surface area contributed by atoms with E-state index < -0.39 is 26.9 Å². The predicted octanol–water partition coefficient (Wildman–Crippen LogP) is 3.84. The fraction of sp³-hybridized carbons (Fsp3) is 0.720. The Balaban J connectivity index is 1.63. The molecule has 1 saturated heterocycles. The largest absolute Gasteiger partial charge is 0.390 e. The quantitative estimate of drug-likeness (QED) is 0.648. The highest BCUT2D eigenvalue weighted by molar-refractivity contribution is 7.89. The molecular weight excluding hydrogens is 443 g/mol. The van der Waals surface area contributed by atoms with Gasteiger partial charge in [-0.3, -0.25) is 4.79 Å². The summed E-state index contributed by atoms with van der Waals surface area (Å²) in [5.41, 5.74) is -1.40. The molecule has 3 aliphatic rings. The number of fused-ring (bicyclic) bond motifs is 1. The van der Waals surface area contributed by atoms with E-state index in [9.17, 15) is 22.7 Å². The zero-order chi connectivity index (χ0) is 24.1. The van der Waals surface area contributed by atoms with Crippen molar-refractivity contribution in [3.05, 3.63) is 30.1 Å². The van der Waals surface area contributed by atoms with E-state index in [1.54, 1.807) is 0 Å². The molecule has 4 rings (SSSR count). The predicted molar refractivity (Wildman–Crippen MR) is 124 cm³/mol. The van der Waals surface area contributed by atoms with Gasteiger partial charge in [-0.1, -0.05) is 13.8 Å². The third-order valence-corrected chi connectivity index (χ3v) is 10.0. The Morgan fingerprint density at radius 2 is 1.76 bits per heavy atom. The van der Waals surface area contributed by atoms with Gasteiger partial charge in [-0.2, -0.15) is 0 Å². The monoisotopic (exact) mass is 480 g/mol. The van der Waals surface area contributed by atoms with Crippen molar-refractivity contribution < 1.29 is 22.7 Å². The first-order valence-electron chi connectivity index (χ1n) is 12.1. The molecule has 1 aromatic rings. The first kappa shape index (κ1) is 24.6. The van der Waals surface area contributed by atoms with Crippen molar-refractivity contribution in [3.63, 3.8) is 0 Å². The normalized spacial score (nSPS) is 33.8. The van der Waals surface area contributed by atoms with Gasteiger partial charge in [0.1, 0.15) is 5.82 Å². The van der Waals surface area contributed by atoms with Crippen LogP contribution in [0.3, 0.4) is 0 Å². The minimum Gasteiger partial charge on any atom is -0.390 e. The number of carbonyl (C=O) groups is 1. The minimum absolute atomic E-state index is 0.0382. The standard InChI is InChI=1S/C25H37FN2O4S/c1-23(2)17-21(27-33(31,32)19-8-6-18(26)7-9-19)25(13-12-24(3,30)16-20(23)25)11-10-22(29)28-14-4-5-15-28/h6-9,20-21,27,30H,4-5,10-17H2,1-3H3/t20-,21-,24+,25+/m0/s1. The lowest BCUT2D eigenvalue weighted by Crippen LogP contribution is -2.52. The molecule has 1 heterocycles. The second kappa shape index (κ2) is 8.61. The number of rotatable bonds is 6. The van der Waals surface area contributed by atoms with Gasteiger partial charge in [-0.05, 0) is 92.9 Å². The summed E-state index contributed by atoms with van der Waals surface area (Å²) in [6, 6.07) is 4.51. The number of sulfonamides is 1. The van der Waals surface area contributed by atoms with Crippen LogP contribution in [0.25, 0.3) is 0 Å². The second-order valence-electron chi connectivity index (χ2n) is 11.4. The first-order chi connectivity index (χ1) is 15.3. The molecule has 0 radical (unpaired) electrons. The van der Waals surface area contributed by atoms with E-state index in [1.165, 1.54) is 12.1 Å². The molecule has 0 unspecified atom stereocenters. The highest BCUT2D eigenvalue weighted by Gasteiger charge is 2.62. The van der Waals surface area contributed by atoms with Gasteiger partial charge in [0.05, 0.1) is 10.5 Å². The Labute approximate surface area is 197 Å². The van der Waals surface area contributed by atoms with Gasteiger partial charge in [0.25, 0.3) is 0 Å². The van der Waals surface area contributed by atoms with Gasteiger partial charge in [-0.15, -0.1) is 0 Å². The number of amides is 1. The van der Waals surface area contributed by atoms with Crippen LogP contribution in [0.15, 0.2) is 29.2 Å². The van der Waals surface area contributed by atoms with Crippen molar-refractivity contribution in [2.45, 2.75) is 88.7 Å². The molecule has 0 bridgehead atoms. The Morgan fingerprint density at radius 1 is 1.12 bits per heavy atom. The number of likely N-dealkylation sites (tertiary alicyclic amines) is 1. The highest BCUT2D eigenvalue weighted by Crippen LogP contribution is 2.64. The van der Waals surface area contributed by atoms with E-state index in [0.29, 0.717) is 38.5 Å². The molecule has 4 atom stereocenters. The van der Waals surface area contributed by atoms with E-state index in [1.807, 2.05) is 11.8 Å². The van der Waals surface area contributed by atoms with E-state index in [2.05, 4.69) is 18.6 Å². The number of aliphatic hydroxyl groups is 1. The molecule has 184 valence electrons. The van der Waals surface area contributed by atoms with Gasteiger partial charge < -0.3 is 10.0 Å². The fourth-order valence-corrected chi connectivity index (χ4v) is 8.05. The third-order valence-electron chi connectivity index (χ3n) is 8.52. The molecule has 0 aromatic heterocycles. The molecule has 1 aliphatic heterocycles. The molecule has 0 spiro atoms. The smallest absolute Gasteiger partial charge is 0.240 e. The summed E-state index contributed by atoms with van der Waals surface area (Å²) in [6.45, 7) is 7.75. The number of hydrogen-bond donors (Lipinski definition) is 2. The van der Waals surface area contributed by atoms with E-state index >= 15 is 0 Å². The van der Waals surface area contributed by atoms with Crippen LogP contribution < -0.4 is 4.72 Å². The van der Waals surface area contributed by atoms with Gasteiger partial charge in [-0.25, -0.2) is 17.5 Å². The molecule has 2 N–H and O–H groups in total. The minimum atomic E-state index is -3.86. The van der Waals surface area contributed by atoms with Crippen molar-refractivity contribution in [1.82, 2.24) is 9.62 Å². The summed E-state index contributed by atoms with van der Waals surface area (Å²) in [7, 11) is -3.86. The van der Waals surface area contributed by atoms with Crippen molar-refractivity contribution >= 4 is 15.9 Å². The maximum Gasteiger partial charge on any atom is 0.240 e. The zero-order valence-electron chi connectivity index (χ0n) is 19.9. The van der Waals surface area contributed by atoms with Crippen molar-refractivity contribution in [2.24, 2.45) is 16.7 Å². The van der Waals surface area contributed by atoms with Crippen LogP contribution in [0.1, 0.15) is 72.1 Å². The lowest BCUT2D eigenvalue weighted by Gasteiger charge is -2.51. The topological polar surface area (TPSA) is 86.7 Å². The van der Waals surface area contributed by atoms with Crippen molar-refractivity contribution in [1.29, 1.82) is 0 Å². The number of hydrogen-bond acceptors (Lipinski definition) is 4. The Bertz CT molecular complexity index is 986. The lowest BCUT2D eigenvalue weighted by atomic mass is 9.57. The summed E-state index contributed by atoms with van der Waals surface area (Å²) in [4.78, 5) is 14.9. The van der Waals surface area contributed by atoms with Crippen LogP contribution in [0, 0.1) is 22.6 Å². The van der Waals surface area contributed by atoms with Crippen LogP contribution >= 0.6 is 0 Å². The molecule has 1 aromatic carbocycles. The van der Waals surface area contributed by atoms with Crippen LogP contribution in [0.2, 0.25) is 0 Å². The SMILES string of the molecule is CC1(C)C[C@H](NS(=O)(=O)c2ccc(F)cc2)[C@]2(CCC(=O)N3CCCC3)CC[C@@](C)(O)C[C@@H]12. The molecule has 3 fully saturated rings. The van der Waals surface area contributed by atoms with Crippen LogP contribution in [-0.2, 0) is 14.8 Å². The Morgan fingerprint density at radius 3 is 2.39 bits per heavy atom. The summed E-state index contributed by atoms with van der Waals surface area (Å²) in [5, 5.41) is 10.9. The van der Waals surface area contributed by atoms with Crippen molar-refractivity contribution in [2.75, 3.05) is 13.1 Å². The average molecular weight is 481 g/mol. The number of halogens is 1. The van der Waals surface area contributed by atoms with Crippen molar-refractivity contribution in [3.8, 4) is 0 Å². The zero-order valence-corrected chi connectivity index (χ0v) is 20.8. The summed E-state index contributed by atoms with van der Waals surface area (Å²) in [6.07, 6.45) is 5.53. The van der Waals surface area contributed by atoms with Gasteiger partial charge >= 0.3 is 0 Å². The van der Waals surface area contributed by atoms with E-state index in [0.717, 1.165) is 38.1 Å². The molecule has 2 aliphatic carbocycles. The highest BCUT2D eigenvalue weighted by atomic mass is 32.2. The molecular formula is C25H37FN2O4S. The number of nitrogens with one attached hydrogen (secondary N) is 1. The number of benzene rings is 1. The Kier molecular flexibility index (Phi) is 6.42. The lowest BCUT2D eigenvalue weighted by molar-refractivity contribution is -0.132. The summed E-state index contributed by atoms with van der Waals surface area (Å²) in [5.74, 6) is -0.258. The average Bonchev–Trinajstić information content (AvgIpc) is 3.33. The molecule has 8 heteroatoms. The molecule has 2 saturated carbocycles. The number of nitrogens with zero attached hydrogens (tertiary/aromatic N) is 1. The maximum absolute atomic E-state index is 13.4. The fourth-order valence-electron chi connectivity index (χ4n) is 6.73. The van der Waals surface area contributed by atoms with Crippen LogP contribution in [0.5, 0.6) is 0 Å². The molecule has 33 heavy (non-hydrogen) atoms. The van der Waals surface area contributed by atoms with Gasteiger partial charge in [0, 0.05) is 25.6 Å². The summed E-state index contributed by atoms with van der Waals surface area (Å²) < 4.78 is 42.8. The third kappa shape index (κ3) is 4.84.